The Hall–Kier alpha value is -4.96. The molecule has 0 spiro atoms. The topological polar surface area (TPSA) is 153 Å². The van der Waals surface area contributed by atoms with Crippen LogP contribution in [-0.2, 0) is 19.8 Å². The number of aliphatic hydroxyl groups excluding tert-OH is 1. The highest BCUT2D eigenvalue weighted by molar-refractivity contribution is 6.22. The minimum Gasteiger partial charge on any atom is -0.427 e. The number of esters is 2. The Bertz CT molecular complexity index is 1530. The number of anilines is 1. The lowest BCUT2D eigenvalue weighted by molar-refractivity contribution is -0.132. The number of benzene rings is 3. The van der Waals surface area contributed by atoms with Crippen LogP contribution in [0.25, 0.3) is 0 Å². The fraction of sp³-hybridized carbons (Fsp3) is 0.200. The second-order valence-corrected chi connectivity index (χ2v) is 9.23. The molecule has 10 heteroatoms. The molecule has 0 fully saturated rings. The average Bonchev–Trinajstić information content (AvgIpc) is 3.20. The van der Waals surface area contributed by atoms with Crippen LogP contribution in [0.15, 0.2) is 54.6 Å². The van der Waals surface area contributed by atoms with Crippen molar-refractivity contribution in [3.05, 3.63) is 88.0 Å². The van der Waals surface area contributed by atoms with Crippen molar-refractivity contribution in [1.29, 1.82) is 0 Å². The maximum atomic E-state index is 14.1. The van der Waals surface area contributed by atoms with Crippen molar-refractivity contribution >= 4 is 40.9 Å². The van der Waals surface area contributed by atoms with Crippen molar-refractivity contribution in [2.24, 2.45) is 0 Å². The molecule has 0 saturated heterocycles. The Morgan fingerprint density at radius 1 is 0.750 bits per heavy atom. The summed E-state index contributed by atoms with van der Waals surface area (Å²) in [6.07, 6.45) is 0. The molecule has 1 amide bonds. The van der Waals surface area contributed by atoms with E-state index in [1.807, 2.05) is 0 Å². The highest BCUT2D eigenvalue weighted by atomic mass is 16.5. The summed E-state index contributed by atoms with van der Waals surface area (Å²) in [6, 6.07) is 13.2. The van der Waals surface area contributed by atoms with Crippen LogP contribution >= 0.6 is 0 Å². The summed E-state index contributed by atoms with van der Waals surface area (Å²) in [5, 5.41) is 12.4. The number of amides is 1. The van der Waals surface area contributed by atoms with E-state index >= 15 is 0 Å². The zero-order chi connectivity index (χ0) is 29.4. The van der Waals surface area contributed by atoms with Crippen LogP contribution in [0.4, 0.5) is 5.69 Å². The van der Waals surface area contributed by atoms with Crippen molar-refractivity contribution in [3.63, 3.8) is 0 Å². The van der Waals surface area contributed by atoms with E-state index in [1.165, 1.54) is 82.3 Å². The third kappa shape index (κ3) is 4.69. The van der Waals surface area contributed by atoms with Crippen LogP contribution in [-0.4, -0.2) is 46.9 Å². The predicted molar refractivity (Wildman–Crippen MR) is 142 cm³/mol. The largest absolute Gasteiger partial charge is 0.427 e. The molecule has 0 unspecified atom stereocenters. The first kappa shape index (κ1) is 28.1. The smallest absolute Gasteiger partial charge is 0.308 e. The molecule has 1 aliphatic rings. The number of carbonyl (C=O) groups excluding carboxylic acids is 6. The summed E-state index contributed by atoms with van der Waals surface area (Å²) in [4.78, 5) is 75.8. The maximum absolute atomic E-state index is 14.1. The zero-order valence-electron chi connectivity index (χ0n) is 22.1. The molecule has 1 heterocycles. The number of ether oxygens (including phenoxy) is 2. The van der Waals surface area contributed by atoms with Gasteiger partial charge in [-0.2, -0.15) is 0 Å². The van der Waals surface area contributed by atoms with Crippen LogP contribution in [0.5, 0.6) is 11.5 Å². The summed E-state index contributed by atoms with van der Waals surface area (Å²) in [6.45, 7) is 4.02. The second-order valence-electron chi connectivity index (χ2n) is 9.23. The summed E-state index contributed by atoms with van der Waals surface area (Å²) in [7, 11) is 0. The molecule has 3 aromatic rings. The van der Waals surface area contributed by atoms with Gasteiger partial charge in [-0.1, -0.05) is 24.3 Å². The van der Waals surface area contributed by atoms with E-state index in [9.17, 15) is 33.9 Å². The highest BCUT2D eigenvalue weighted by Gasteiger charge is 2.53. The number of aliphatic hydroxyl groups is 1. The number of nitrogens with one attached hydrogen (secondary N) is 1. The molecule has 0 atom stereocenters. The molecular weight excluding hydrogens is 518 g/mol. The molecule has 1 aliphatic heterocycles. The number of fused-ring (bicyclic) bond motifs is 1. The van der Waals surface area contributed by atoms with Gasteiger partial charge >= 0.3 is 11.9 Å². The molecule has 0 bridgehead atoms. The molecule has 4 rings (SSSR count). The van der Waals surface area contributed by atoms with Crippen molar-refractivity contribution in [2.75, 3.05) is 11.9 Å². The van der Waals surface area contributed by atoms with Gasteiger partial charge in [-0.05, 0) is 55.3 Å². The second kappa shape index (κ2) is 10.7. The van der Waals surface area contributed by atoms with E-state index in [0.717, 1.165) is 0 Å². The molecule has 40 heavy (non-hydrogen) atoms. The fourth-order valence-electron chi connectivity index (χ4n) is 5.05. The lowest BCUT2D eigenvalue weighted by Gasteiger charge is -2.31. The monoisotopic (exact) mass is 543 g/mol. The zero-order valence-corrected chi connectivity index (χ0v) is 22.1. The molecule has 0 aromatic heterocycles. The highest BCUT2D eigenvalue weighted by Crippen LogP contribution is 2.52. The Kier molecular flexibility index (Phi) is 7.48. The Labute approximate surface area is 228 Å². The van der Waals surface area contributed by atoms with Crippen molar-refractivity contribution in [2.45, 2.75) is 33.1 Å². The normalized spacial score (nSPS) is 13.2. The lowest BCUT2D eigenvalue weighted by atomic mass is 9.67. The molecule has 0 radical (unpaired) electrons. The van der Waals surface area contributed by atoms with E-state index < -0.39 is 47.2 Å². The van der Waals surface area contributed by atoms with Gasteiger partial charge in [0.25, 0.3) is 0 Å². The van der Waals surface area contributed by atoms with E-state index in [-0.39, 0.29) is 39.4 Å². The third-order valence-corrected chi connectivity index (χ3v) is 6.55. The number of rotatable bonds is 8. The first-order valence-electron chi connectivity index (χ1n) is 12.2. The Balaban J connectivity index is 2.15. The van der Waals surface area contributed by atoms with Gasteiger partial charge in [0.2, 0.25) is 5.91 Å². The minimum absolute atomic E-state index is 0.0138. The first-order chi connectivity index (χ1) is 18.9. The molecular formula is C30H25NO9. The molecule has 10 nitrogen and oxygen atoms in total. The van der Waals surface area contributed by atoms with E-state index in [1.54, 1.807) is 0 Å². The number of carbonyl (C=O) groups is 6. The number of Topliss-reactive ketones (excluding diaryl/α,β-unsaturated/α-hetero) is 3. The van der Waals surface area contributed by atoms with Gasteiger partial charge < -0.3 is 19.9 Å². The standard InChI is InChI=1S/C30H25NO9/c1-15(33)23-13-24(25(37)14-32)26(16(2)34)27-28(23)31-29(38)30(27,19-5-9-21(10-6-19)39-17(3)35)20-7-11-22(12-8-20)40-18(4)36/h5-13,32H,14H2,1-4H3,(H,31,38). The summed E-state index contributed by atoms with van der Waals surface area (Å²) in [5.41, 5.74) is -1.36. The average molecular weight is 544 g/mol. The lowest BCUT2D eigenvalue weighted by Crippen LogP contribution is -2.38. The SMILES string of the molecule is CC(=O)Oc1ccc(C2(c3ccc(OC(C)=O)cc3)C(=O)Nc3c(C(C)=O)cc(C(=O)CO)c(C(C)=O)c32)cc1. The predicted octanol–water partition coefficient (Wildman–Crippen LogP) is 3.40. The van der Waals surface area contributed by atoms with E-state index in [2.05, 4.69) is 5.32 Å². The number of hydrogen-bond donors (Lipinski definition) is 2. The van der Waals surface area contributed by atoms with Crippen molar-refractivity contribution < 1.29 is 43.3 Å². The molecule has 0 aliphatic carbocycles. The number of hydrogen-bond acceptors (Lipinski definition) is 9. The van der Waals surface area contributed by atoms with E-state index in [4.69, 9.17) is 9.47 Å². The quantitative estimate of drug-likeness (QED) is 0.247. The van der Waals surface area contributed by atoms with Crippen LogP contribution in [0.2, 0.25) is 0 Å². The van der Waals surface area contributed by atoms with Gasteiger partial charge in [-0.25, -0.2) is 0 Å². The molecule has 0 saturated carbocycles. The molecule has 3 aromatic carbocycles. The van der Waals surface area contributed by atoms with Crippen LogP contribution in [0, 0.1) is 0 Å². The molecule has 2 N–H and O–H groups in total. The number of ketones is 3. The summed E-state index contributed by atoms with van der Waals surface area (Å²) >= 11 is 0. The van der Waals surface area contributed by atoms with Gasteiger partial charge in [0, 0.05) is 36.1 Å². The van der Waals surface area contributed by atoms with Crippen LogP contribution in [0.3, 0.4) is 0 Å². The Morgan fingerprint density at radius 3 is 1.60 bits per heavy atom. The van der Waals surface area contributed by atoms with E-state index in [0.29, 0.717) is 11.1 Å². The van der Waals surface area contributed by atoms with Gasteiger partial charge in [0.1, 0.15) is 23.5 Å². The van der Waals surface area contributed by atoms with Gasteiger partial charge in [-0.3, -0.25) is 28.8 Å². The van der Waals surface area contributed by atoms with Gasteiger partial charge in [-0.15, -0.1) is 0 Å². The fourth-order valence-corrected chi connectivity index (χ4v) is 5.05. The summed E-state index contributed by atoms with van der Waals surface area (Å²) in [5.74, 6) is -3.18. The van der Waals surface area contributed by atoms with Crippen molar-refractivity contribution in [3.8, 4) is 11.5 Å². The third-order valence-electron chi connectivity index (χ3n) is 6.55. The summed E-state index contributed by atoms with van der Waals surface area (Å²) < 4.78 is 10.3. The van der Waals surface area contributed by atoms with Gasteiger partial charge in [0.05, 0.1) is 5.69 Å². The molecule has 204 valence electrons. The van der Waals surface area contributed by atoms with Crippen LogP contribution in [0.1, 0.15) is 75.5 Å². The first-order valence-corrected chi connectivity index (χ1v) is 12.2. The van der Waals surface area contributed by atoms with Crippen molar-refractivity contribution in [1.82, 2.24) is 0 Å². The Morgan fingerprint density at radius 2 is 1.23 bits per heavy atom. The minimum atomic E-state index is -1.78. The maximum Gasteiger partial charge on any atom is 0.308 e. The van der Waals surface area contributed by atoms with Gasteiger partial charge in [0.15, 0.2) is 17.3 Å². The van der Waals surface area contributed by atoms with Crippen LogP contribution < -0.4 is 14.8 Å².